The minimum absolute atomic E-state index is 0.191. The molecule has 0 unspecified atom stereocenters. The van der Waals surface area contributed by atoms with E-state index in [4.69, 9.17) is 16.3 Å². The molecule has 1 heterocycles. The summed E-state index contributed by atoms with van der Waals surface area (Å²) in [6.07, 6.45) is 1.81. The van der Waals surface area contributed by atoms with Crippen molar-refractivity contribution in [3.63, 3.8) is 0 Å². The molecule has 4 heteroatoms. The molecule has 1 aromatic heterocycles. The number of hydrogen-bond donors (Lipinski definition) is 1. The maximum absolute atomic E-state index is 6.17. The van der Waals surface area contributed by atoms with Crippen LogP contribution in [0, 0.1) is 0 Å². The van der Waals surface area contributed by atoms with Crippen molar-refractivity contribution in [2.75, 3.05) is 7.11 Å². The lowest BCUT2D eigenvalue weighted by Crippen LogP contribution is -2.18. The normalized spacial score (nSPS) is 12.2. The molecule has 2 aromatic rings. The number of methoxy groups -OCH3 is 1. The van der Waals surface area contributed by atoms with E-state index in [-0.39, 0.29) is 6.04 Å². The van der Waals surface area contributed by atoms with Crippen LogP contribution in [0.2, 0.25) is 5.02 Å². The van der Waals surface area contributed by atoms with Crippen LogP contribution in [0.4, 0.5) is 0 Å². The van der Waals surface area contributed by atoms with Gasteiger partial charge in [-0.05, 0) is 24.1 Å². The van der Waals surface area contributed by atoms with E-state index in [1.54, 1.807) is 7.11 Å². The van der Waals surface area contributed by atoms with Gasteiger partial charge < -0.3 is 10.1 Å². The highest BCUT2D eigenvalue weighted by Gasteiger charge is 2.08. The van der Waals surface area contributed by atoms with E-state index in [9.17, 15) is 0 Å². The number of hydrogen-bond acceptors (Lipinski definition) is 3. The quantitative estimate of drug-likeness (QED) is 0.906. The summed E-state index contributed by atoms with van der Waals surface area (Å²) in [4.78, 5) is 4.18. The molecule has 0 aliphatic rings. The second-order valence-corrected chi connectivity index (χ2v) is 4.74. The Morgan fingerprint density at radius 2 is 2.05 bits per heavy atom. The van der Waals surface area contributed by atoms with Crippen molar-refractivity contribution in [3.8, 4) is 5.88 Å². The van der Waals surface area contributed by atoms with Gasteiger partial charge in [0, 0.05) is 29.9 Å². The third-order valence-electron chi connectivity index (χ3n) is 2.99. The molecule has 0 radical (unpaired) electrons. The first kappa shape index (κ1) is 13.8. The third kappa shape index (κ3) is 3.69. The van der Waals surface area contributed by atoms with Crippen molar-refractivity contribution in [1.82, 2.24) is 10.3 Å². The monoisotopic (exact) mass is 276 g/mol. The number of nitrogens with zero attached hydrogens (tertiary/aromatic N) is 1. The Hall–Kier alpha value is -1.58. The van der Waals surface area contributed by atoms with Gasteiger partial charge in [0.15, 0.2) is 0 Å². The second kappa shape index (κ2) is 6.55. The van der Waals surface area contributed by atoms with Crippen LogP contribution in [0.5, 0.6) is 5.88 Å². The summed E-state index contributed by atoms with van der Waals surface area (Å²) in [5.41, 5.74) is 2.21. The average molecular weight is 277 g/mol. The van der Waals surface area contributed by atoms with Crippen LogP contribution in [0.1, 0.15) is 24.1 Å². The van der Waals surface area contributed by atoms with Gasteiger partial charge in [-0.3, -0.25) is 0 Å². The molecular weight excluding hydrogens is 260 g/mol. The molecule has 100 valence electrons. The average Bonchev–Trinajstić information content (AvgIpc) is 2.46. The highest BCUT2D eigenvalue weighted by Crippen LogP contribution is 2.22. The van der Waals surface area contributed by atoms with E-state index in [0.29, 0.717) is 5.88 Å². The van der Waals surface area contributed by atoms with Gasteiger partial charge in [0.25, 0.3) is 0 Å². The predicted molar refractivity (Wildman–Crippen MR) is 77.5 cm³/mol. The fourth-order valence-electron chi connectivity index (χ4n) is 1.84. The minimum atomic E-state index is 0.191. The molecule has 1 aromatic carbocycles. The van der Waals surface area contributed by atoms with Gasteiger partial charge in [-0.25, -0.2) is 4.98 Å². The molecule has 2 rings (SSSR count). The molecule has 1 atom stereocenters. The van der Waals surface area contributed by atoms with Gasteiger partial charge in [-0.15, -0.1) is 0 Å². The predicted octanol–water partition coefficient (Wildman–Crippen LogP) is 3.59. The maximum Gasteiger partial charge on any atom is 0.212 e. The standard InChI is InChI=1S/C15H17ClN2O/c1-11(13-5-3-4-6-14(13)16)17-9-12-7-8-15(19-2)18-10-12/h3-8,10-11,17H,9H2,1-2H3/t11-/m1/s1. The Morgan fingerprint density at radius 3 is 2.68 bits per heavy atom. The van der Waals surface area contributed by atoms with Gasteiger partial charge in [0.05, 0.1) is 7.11 Å². The molecule has 0 amide bonds. The Kier molecular flexibility index (Phi) is 4.77. The van der Waals surface area contributed by atoms with E-state index in [2.05, 4.69) is 17.2 Å². The van der Waals surface area contributed by atoms with E-state index >= 15 is 0 Å². The molecule has 1 N–H and O–H groups in total. The summed E-state index contributed by atoms with van der Waals surface area (Å²) in [7, 11) is 1.61. The summed E-state index contributed by atoms with van der Waals surface area (Å²) in [6, 6.07) is 11.9. The summed E-state index contributed by atoms with van der Waals surface area (Å²) in [5, 5.41) is 4.22. The SMILES string of the molecule is COc1ccc(CN[C@H](C)c2ccccc2Cl)cn1. The zero-order chi connectivity index (χ0) is 13.7. The molecule has 0 bridgehead atoms. The van der Waals surface area contributed by atoms with Crippen molar-refractivity contribution in [3.05, 3.63) is 58.7 Å². The maximum atomic E-state index is 6.17. The summed E-state index contributed by atoms with van der Waals surface area (Å²) in [6.45, 7) is 2.83. The number of halogens is 1. The van der Waals surface area contributed by atoms with Crippen LogP contribution in [-0.4, -0.2) is 12.1 Å². The first-order chi connectivity index (χ1) is 9.20. The zero-order valence-electron chi connectivity index (χ0n) is 11.1. The first-order valence-electron chi connectivity index (χ1n) is 6.17. The van der Waals surface area contributed by atoms with Gasteiger partial charge in [0.2, 0.25) is 5.88 Å². The second-order valence-electron chi connectivity index (χ2n) is 4.33. The van der Waals surface area contributed by atoms with Crippen molar-refractivity contribution >= 4 is 11.6 Å². The molecule has 3 nitrogen and oxygen atoms in total. The lowest BCUT2D eigenvalue weighted by Gasteiger charge is -2.15. The number of pyridine rings is 1. The molecule has 0 aliphatic heterocycles. The van der Waals surface area contributed by atoms with Crippen molar-refractivity contribution < 1.29 is 4.74 Å². The van der Waals surface area contributed by atoms with Crippen molar-refractivity contribution in [2.24, 2.45) is 0 Å². The highest BCUT2D eigenvalue weighted by molar-refractivity contribution is 6.31. The molecule has 0 spiro atoms. The van der Waals surface area contributed by atoms with Crippen LogP contribution in [-0.2, 0) is 6.54 Å². The minimum Gasteiger partial charge on any atom is -0.481 e. The van der Waals surface area contributed by atoms with Crippen LogP contribution in [0.25, 0.3) is 0 Å². The fraction of sp³-hybridized carbons (Fsp3) is 0.267. The van der Waals surface area contributed by atoms with E-state index < -0.39 is 0 Å². The Bertz CT molecular complexity index is 528. The highest BCUT2D eigenvalue weighted by atomic mass is 35.5. The molecule has 0 saturated heterocycles. The number of benzene rings is 1. The number of nitrogens with one attached hydrogen (secondary N) is 1. The van der Waals surface area contributed by atoms with E-state index in [1.807, 2.05) is 42.6 Å². The van der Waals surface area contributed by atoms with Gasteiger partial charge in [-0.1, -0.05) is 35.9 Å². The molecule has 19 heavy (non-hydrogen) atoms. The smallest absolute Gasteiger partial charge is 0.212 e. The van der Waals surface area contributed by atoms with Crippen LogP contribution < -0.4 is 10.1 Å². The molecular formula is C15H17ClN2O. The topological polar surface area (TPSA) is 34.1 Å². The Morgan fingerprint density at radius 1 is 1.26 bits per heavy atom. The van der Waals surface area contributed by atoms with Crippen LogP contribution in [0.15, 0.2) is 42.6 Å². The van der Waals surface area contributed by atoms with Crippen molar-refractivity contribution in [1.29, 1.82) is 0 Å². The lowest BCUT2D eigenvalue weighted by atomic mass is 10.1. The molecule has 0 aliphatic carbocycles. The summed E-state index contributed by atoms with van der Waals surface area (Å²) >= 11 is 6.17. The first-order valence-corrected chi connectivity index (χ1v) is 6.55. The Balaban J connectivity index is 1.96. The van der Waals surface area contributed by atoms with Gasteiger partial charge >= 0.3 is 0 Å². The van der Waals surface area contributed by atoms with Gasteiger partial charge in [0.1, 0.15) is 0 Å². The van der Waals surface area contributed by atoms with Crippen LogP contribution >= 0.6 is 11.6 Å². The third-order valence-corrected chi connectivity index (χ3v) is 3.34. The number of rotatable bonds is 5. The summed E-state index contributed by atoms with van der Waals surface area (Å²) < 4.78 is 5.03. The van der Waals surface area contributed by atoms with E-state index in [1.165, 1.54) is 0 Å². The Labute approximate surface area is 118 Å². The largest absolute Gasteiger partial charge is 0.481 e. The molecule has 0 fully saturated rings. The molecule has 0 saturated carbocycles. The van der Waals surface area contributed by atoms with Crippen molar-refractivity contribution in [2.45, 2.75) is 19.5 Å². The zero-order valence-corrected chi connectivity index (χ0v) is 11.8. The summed E-state index contributed by atoms with van der Waals surface area (Å²) in [5.74, 6) is 0.628. The number of aromatic nitrogens is 1. The van der Waals surface area contributed by atoms with Crippen LogP contribution in [0.3, 0.4) is 0 Å². The van der Waals surface area contributed by atoms with E-state index in [0.717, 1.165) is 22.7 Å². The number of ether oxygens (including phenoxy) is 1. The lowest BCUT2D eigenvalue weighted by molar-refractivity contribution is 0.397. The van der Waals surface area contributed by atoms with Gasteiger partial charge in [-0.2, -0.15) is 0 Å². The fourth-order valence-corrected chi connectivity index (χ4v) is 2.14.